The van der Waals surface area contributed by atoms with Gasteiger partial charge in [-0.25, -0.2) is 0 Å². The molecule has 1 aromatic rings. The van der Waals surface area contributed by atoms with E-state index in [0.717, 1.165) is 5.56 Å². The first-order valence-corrected chi connectivity index (χ1v) is 4.71. The fourth-order valence-electron chi connectivity index (χ4n) is 1.81. The van der Waals surface area contributed by atoms with E-state index < -0.39 is 5.54 Å². The Balaban J connectivity index is 2.46. The summed E-state index contributed by atoms with van der Waals surface area (Å²) in [6.45, 7) is 2.56. The van der Waals surface area contributed by atoms with Crippen LogP contribution in [0.15, 0.2) is 30.3 Å². The molecule has 1 aromatic carbocycles. The van der Waals surface area contributed by atoms with Gasteiger partial charge in [0.2, 0.25) is 5.91 Å². The lowest BCUT2D eigenvalue weighted by Crippen LogP contribution is -2.41. The first-order chi connectivity index (χ1) is 6.65. The van der Waals surface area contributed by atoms with Gasteiger partial charge < -0.3 is 5.32 Å². The Morgan fingerprint density at radius 1 is 1.36 bits per heavy atom. The molecule has 0 saturated carbocycles. The van der Waals surface area contributed by atoms with E-state index in [-0.39, 0.29) is 5.91 Å². The summed E-state index contributed by atoms with van der Waals surface area (Å²) in [5.74, 6) is 0.0752. The zero-order chi connectivity index (χ0) is 10.2. The summed E-state index contributed by atoms with van der Waals surface area (Å²) in [4.78, 5) is 13.8. The molecular formula is C11H14N2O. The second-order valence-corrected chi connectivity index (χ2v) is 3.80. The van der Waals surface area contributed by atoms with Gasteiger partial charge in [-0.05, 0) is 19.5 Å². The van der Waals surface area contributed by atoms with Gasteiger partial charge in [-0.2, -0.15) is 0 Å². The van der Waals surface area contributed by atoms with Crippen LogP contribution in [0.1, 0.15) is 12.5 Å². The number of hydrogen-bond donors (Lipinski definition) is 1. The highest BCUT2D eigenvalue weighted by molar-refractivity contribution is 5.89. The summed E-state index contributed by atoms with van der Waals surface area (Å²) >= 11 is 0. The van der Waals surface area contributed by atoms with Crippen molar-refractivity contribution in [3.05, 3.63) is 35.9 Å². The van der Waals surface area contributed by atoms with Crippen molar-refractivity contribution >= 4 is 5.91 Å². The smallest absolute Gasteiger partial charge is 0.245 e. The van der Waals surface area contributed by atoms with E-state index in [0.29, 0.717) is 6.67 Å². The molecule has 1 atom stereocenters. The van der Waals surface area contributed by atoms with E-state index in [1.807, 2.05) is 49.2 Å². The maximum absolute atomic E-state index is 11.8. The van der Waals surface area contributed by atoms with E-state index in [9.17, 15) is 4.79 Å². The van der Waals surface area contributed by atoms with Crippen molar-refractivity contribution in [2.24, 2.45) is 0 Å². The minimum atomic E-state index is -0.513. The summed E-state index contributed by atoms with van der Waals surface area (Å²) < 4.78 is 0. The van der Waals surface area contributed by atoms with Crippen LogP contribution in [0.2, 0.25) is 0 Å². The molecule has 14 heavy (non-hydrogen) atoms. The van der Waals surface area contributed by atoms with Gasteiger partial charge in [-0.1, -0.05) is 30.3 Å². The van der Waals surface area contributed by atoms with Crippen LogP contribution >= 0.6 is 0 Å². The molecule has 0 aliphatic carbocycles. The fourth-order valence-corrected chi connectivity index (χ4v) is 1.81. The summed E-state index contributed by atoms with van der Waals surface area (Å²) in [6.07, 6.45) is 0. The quantitative estimate of drug-likeness (QED) is 0.714. The van der Waals surface area contributed by atoms with Gasteiger partial charge in [0.25, 0.3) is 0 Å². The predicted octanol–water partition coefficient (Wildman–Crippen LogP) is 0.921. The van der Waals surface area contributed by atoms with Gasteiger partial charge in [-0.15, -0.1) is 0 Å². The Morgan fingerprint density at radius 3 is 2.50 bits per heavy atom. The van der Waals surface area contributed by atoms with Crippen molar-refractivity contribution in [2.75, 3.05) is 13.7 Å². The second kappa shape index (κ2) is 3.10. The number of nitrogens with zero attached hydrogens (tertiary/aromatic N) is 1. The lowest BCUT2D eigenvalue weighted by molar-refractivity contribution is -0.125. The summed E-state index contributed by atoms with van der Waals surface area (Å²) in [5.41, 5.74) is 0.527. The Labute approximate surface area is 83.7 Å². The molecule has 1 aliphatic heterocycles. The highest BCUT2D eigenvalue weighted by Gasteiger charge is 2.43. The molecule has 0 spiro atoms. The van der Waals surface area contributed by atoms with Gasteiger partial charge in [0.1, 0.15) is 5.54 Å². The van der Waals surface area contributed by atoms with Crippen LogP contribution < -0.4 is 5.32 Å². The largest absolute Gasteiger partial charge is 0.341 e. The molecule has 3 nitrogen and oxygen atoms in total. The first kappa shape index (κ1) is 9.21. The van der Waals surface area contributed by atoms with Crippen molar-refractivity contribution in [3.63, 3.8) is 0 Å². The van der Waals surface area contributed by atoms with Gasteiger partial charge >= 0.3 is 0 Å². The topological polar surface area (TPSA) is 32.3 Å². The van der Waals surface area contributed by atoms with Crippen molar-refractivity contribution in [1.29, 1.82) is 0 Å². The third-order valence-corrected chi connectivity index (χ3v) is 3.02. The van der Waals surface area contributed by atoms with Crippen LogP contribution in [0, 0.1) is 0 Å². The minimum Gasteiger partial charge on any atom is -0.341 e. The highest BCUT2D eigenvalue weighted by Crippen LogP contribution is 2.29. The van der Waals surface area contributed by atoms with E-state index in [2.05, 4.69) is 5.32 Å². The van der Waals surface area contributed by atoms with Crippen molar-refractivity contribution in [1.82, 2.24) is 10.2 Å². The second-order valence-electron chi connectivity index (χ2n) is 3.80. The molecule has 0 aromatic heterocycles. The van der Waals surface area contributed by atoms with Crippen LogP contribution in [0.4, 0.5) is 0 Å². The zero-order valence-electron chi connectivity index (χ0n) is 8.45. The average molecular weight is 190 g/mol. The Hall–Kier alpha value is -1.35. The SMILES string of the molecule is CN1CNC(=O)C1(C)c1ccccc1. The molecular weight excluding hydrogens is 176 g/mol. The van der Waals surface area contributed by atoms with Gasteiger partial charge in [0, 0.05) is 0 Å². The lowest BCUT2D eigenvalue weighted by Gasteiger charge is -2.28. The third-order valence-electron chi connectivity index (χ3n) is 3.02. The molecule has 1 amide bonds. The van der Waals surface area contributed by atoms with Crippen molar-refractivity contribution in [2.45, 2.75) is 12.5 Å². The number of amides is 1. The van der Waals surface area contributed by atoms with Crippen LogP contribution in [0.5, 0.6) is 0 Å². The van der Waals surface area contributed by atoms with Gasteiger partial charge in [0.05, 0.1) is 6.67 Å². The number of nitrogens with one attached hydrogen (secondary N) is 1. The summed E-state index contributed by atoms with van der Waals surface area (Å²) in [6, 6.07) is 9.85. The molecule has 0 radical (unpaired) electrons. The number of benzene rings is 1. The zero-order valence-corrected chi connectivity index (χ0v) is 8.45. The van der Waals surface area contributed by atoms with E-state index >= 15 is 0 Å². The minimum absolute atomic E-state index is 0.0752. The van der Waals surface area contributed by atoms with Gasteiger partial charge in [-0.3, -0.25) is 9.69 Å². The average Bonchev–Trinajstić information content (AvgIpc) is 2.49. The molecule has 2 rings (SSSR count). The van der Waals surface area contributed by atoms with Crippen LogP contribution in [0.3, 0.4) is 0 Å². The number of rotatable bonds is 1. The number of likely N-dealkylation sites (N-methyl/N-ethyl adjacent to an activating group) is 1. The number of carbonyl (C=O) groups excluding carboxylic acids is 1. The van der Waals surface area contributed by atoms with Crippen molar-refractivity contribution < 1.29 is 4.79 Å². The summed E-state index contributed by atoms with van der Waals surface area (Å²) in [5, 5.41) is 2.85. The van der Waals surface area contributed by atoms with Crippen LogP contribution in [-0.4, -0.2) is 24.5 Å². The Bertz CT molecular complexity index is 350. The standard InChI is InChI=1S/C11H14N2O/c1-11(9-6-4-3-5-7-9)10(14)12-8-13(11)2/h3-7H,8H2,1-2H3,(H,12,14). The molecule has 1 heterocycles. The highest BCUT2D eigenvalue weighted by atomic mass is 16.2. The molecule has 1 unspecified atom stereocenters. The van der Waals surface area contributed by atoms with Crippen molar-refractivity contribution in [3.8, 4) is 0 Å². The maximum Gasteiger partial charge on any atom is 0.245 e. The molecule has 1 saturated heterocycles. The normalized spacial score (nSPS) is 27.7. The van der Waals surface area contributed by atoms with E-state index in [4.69, 9.17) is 0 Å². The van der Waals surface area contributed by atoms with Crippen LogP contribution in [0.25, 0.3) is 0 Å². The summed E-state index contributed by atoms with van der Waals surface area (Å²) in [7, 11) is 1.95. The van der Waals surface area contributed by atoms with Gasteiger partial charge in [0.15, 0.2) is 0 Å². The fraction of sp³-hybridized carbons (Fsp3) is 0.364. The lowest BCUT2D eigenvalue weighted by atomic mass is 9.91. The monoisotopic (exact) mass is 190 g/mol. The molecule has 0 bridgehead atoms. The molecule has 1 aliphatic rings. The van der Waals surface area contributed by atoms with E-state index in [1.54, 1.807) is 0 Å². The predicted molar refractivity (Wildman–Crippen MR) is 54.6 cm³/mol. The first-order valence-electron chi connectivity index (χ1n) is 4.71. The molecule has 1 fully saturated rings. The molecule has 1 N–H and O–H groups in total. The number of hydrogen-bond acceptors (Lipinski definition) is 2. The number of carbonyl (C=O) groups is 1. The molecule has 3 heteroatoms. The van der Waals surface area contributed by atoms with Crippen LogP contribution in [-0.2, 0) is 10.3 Å². The maximum atomic E-state index is 11.8. The Morgan fingerprint density at radius 2 is 2.00 bits per heavy atom. The Kier molecular flexibility index (Phi) is 2.04. The third kappa shape index (κ3) is 1.13. The molecule has 74 valence electrons. The van der Waals surface area contributed by atoms with E-state index in [1.165, 1.54) is 0 Å².